The molecule has 8 aliphatic rings. The number of H-pyrrole nitrogens is 2. The van der Waals surface area contributed by atoms with Gasteiger partial charge in [0.1, 0.15) is 24.1 Å². The molecule has 8 saturated carbocycles. The van der Waals surface area contributed by atoms with Gasteiger partial charge in [-0.1, -0.05) is 89.3 Å². The van der Waals surface area contributed by atoms with Crippen molar-refractivity contribution >= 4 is 17.9 Å². The Morgan fingerprint density at radius 2 is 0.938 bits per heavy atom. The lowest BCUT2D eigenvalue weighted by Crippen LogP contribution is -2.31. The summed E-state index contributed by atoms with van der Waals surface area (Å²) >= 11 is 0. The van der Waals surface area contributed by atoms with Crippen LogP contribution >= 0.6 is 0 Å². The second-order valence-electron chi connectivity index (χ2n) is 25.0. The number of benzene rings is 1. The molecule has 446 valence electrons. The fraction of sp³-hybridized carbons (Fsp3) is 0.754. The summed E-state index contributed by atoms with van der Waals surface area (Å²) in [6.45, 7) is 4.62. The number of carboxylic acids is 1. The Morgan fingerprint density at radius 1 is 0.543 bits per heavy atom. The number of rotatable bonds is 14. The lowest BCUT2D eigenvalue weighted by Gasteiger charge is -2.37. The summed E-state index contributed by atoms with van der Waals surface area (Å²) in [6, 6.07) is 7.75. The molecule has 8 fully saturated rings. The van der Waals surface area contributed by atoms with Crippen molar-refractivity contribution in [3.63, 3.8) is 0 Å². The summed E-state index contributed by atoms with van der Waals surface area (Å²) < 4.78 is 35.0. The molecule has 4 spiro atoms. The molecule has 12 rings (SSSR count). The van der Waals surface area contributed by atoms with Crippen molar-refractivity contribution in [3.05, 3.63) is 46.9 Å². The van der Waals surface area contributed by atoms with Crippen molar-refractivity contribution < 1.29 is 53.0 Å². The molecule has 0 radical (unpaired) electrons. The number of aliphatic hydroxyl groups excluding tert-OH is 1. The van der Waals surface area contributed by atoms with Gasteiger partial charge in [-0.05, 0) is 207 Å². The molecule has 0 bridgehead atoms. The van der Waals surface area contributed by atoms with E-state index in [1.54, 1.807) is 25.6 Å². The van der Waals surface area contributed by atoms with Gasteiger partial charge in [0.25, 0.3) is 11.8 Å². The number of nitrogens with zero attached hydrogens (tertiary/aromatic N) is 7. The van der Waals surface area contributed by atoms with E-state index in [1.807, 2.05) is 24.3 Å². The molecule has 3 heterocycles. The van der Waals surface area contributed by atoms with E-state index < -0.39 is 17.9 Å². The number of aromatic amines is 2. The maximum Gasteiger partial charge on any atom is 0.364 e. The highest BCUT2D eigenvalue weighted by molar-refractivity contribution is 5.90. The van der Waals surface area contributed by atoms with Crippen LogP contribution in [-0.2, 0) is 16.0 Å². The molecule has 20 heteroatoms. The third-order valence-corrected chi connectivity index (χ3v) is 19.9. The van der Waals surface area contributed by atoms with E-state index in [2.05, 4.69) is 41.1 Å². The van der Waals surface area contributed by atoms with E-state index in [1.165, 1.54) is 154 Å². The molecule has 81 heavy (non-hydrogen) atoms. The van der Waals surface area contributed by atoms with Gasteiger partial charge in [-0.25, -0.2) is 29.3 Å². The van der Waals surface area contributed by atoms with E-state index in [9.17, 15) is 19.5 Å². The summed E-state index contributed by atoms with van der Waals surface area (Å²) in [5.41, 5.74) is 3.71. The zero-order chi connectivity index (χ0) is 56.7. The van der Waals surface area contributed by atoms with Crippen molar-refractivity contribution in [3.8, 4) is 23.4 Å². The predicted molar refractivity (Wildman–Crippen MR) is 300 cm³/mol. The first-order valence-electron chi connectivity index (χ1n) is 31.0. The van der Waals surface area contributed by atoms with E-state index in [-0.39, 0.29) is 59.9 Å². The van der Waals surface area contributed by atoms with Crippen LogP contribution in [0.2, 0.25) is 0 Å². The third kappa shape index (κ3) is 15.7. The SMILES string of the molecule is CCOC(=O)c1[nH]nnc1OC1CCC2(CCCC2)CC1.CCOC(=O)c1nnn(Cc2ccc(OC)cc2)c1OC1CCC2(CCCC2)CC1.O=C(O)c1[nH]nnc1OC1CCC2(CCCC2)CC1.OC1CCC2(CCCC2)CC1. The van der Waals surface area contributed by atoms with Gasteiger partial charge in [0.05, 0.1) is 33.0 Å². The average Bonchev–Trinajstić information content (AvgIpc) is 4.39. The van der Waals surface area contributed by atoms with E-state index in [0.717, 1.165) is 62.7 Å². The predicted octanol–water partition coefficient (Wildman–Crippen LogP) is 12.1. The van der Waals surface area contributed by atoms with Gasteiger partial charge in [0.15, 0.2) is 0 Å². The smallest absolute Gasteiger partial charge is 0.364 e. The van der Waals surface area contributed by atoms with Crippen molar-refractivity contribution in [2.45, 2.75) is 250 Å². The Hall–Kier alpha value is -5.79. The Balaban J connectivity index is 0.000000137. The number of carbonyl (C=O) groups excluding carboxylic acids is 2. The molecule has 1 aromatic carbocycles. The van der Waals surface area contributed by atoms with Crippen molar-refractivity contribution in [2.24, 2.45) is 21.7 Å². The number of esters is 2. The van der Waals surface area contributed by atoms with Gasteiger partial charge in [-0.15, -0.1) is 5.10 Å². The molecule has 0 aliphatic heterocycles. The van der Waals surface area contributed by atoms with E-state index in [0.29, 0.717) is 40.7 Å². The second-order valence-corrected chi connectivity index (χ2v) is 25.0. The minimum Gasteiger partial charge on any atom is -0.497 e. The number of carbonyl (C=O) groups is 3. The lowest BCUT2D eigenvalue weighted by atomic mass is 9.72. The Labute approximate surface area is 477 Å². The molecular formula is C61H91N9O11. The summed E-state index contributed by atoms with van der Waals surface area (Å²) in [6.07, 6.45) is 40.5. The van der Waals surface area contributed by atoms with Crippen LogP contribution in [0.25, 0.3) is 0 Å². The van der Waals surface area contributed by atoms with Gasteiger partial charge in [-0.2, -0.15) is 0 Å². The molecule has 20 nitrogen and oxygen atoms in total. The standard InChI is InChI=1S/C23H31N3O4.C15H23N3O3.C13H19N3O3.C10H18O/c1-3-29-22(27)20-21(30-19-10-14-23(15-11-19)12-4-5-13-23)26(25-24-20)16-17-6-8-18(28-2)9-7-17;1-2-20-14(19)12-13(17-18-16-12)21-11-5-9-15(10-6-11)7-3-4-8-15;17-12(18)10-11(15-16-14-10)19-9-3-7-13(8-4-9)5-1-2-6-13;11-9-3-7-10(8-4-9)5-1-2-6-10/h6-9,19H,3-5,10-16H2,1-2H3;11H,2-10H2,1H3,(H,16,17,18);9H,1-8H2,(H,17,18)(H,14,15,16);9,11H,1-8H2. The molecular weight excluding hydrogens is 1030 g/mol. The first-order chi connectivity index (χ1) is 39.3. The maximum absolute atomic E-state index is 12.4. The number of ether oxygens (including phenoxy) is 6. The number of hydrogen-bond donors (Lipinski definition) is 4. The summed E-state index contributed by atoms with van der Waals surface area (Å²) in [5.74, 6) is -0.415. The number of aromatic carboxylic acids is 1. The zero-order valence-corrected chi connectivity index (χ0v) is 48.6. The summed E-state index contributed by atoms with van der Waals surface area (Å²) in [7, 11) is 1.64. The summed E-state index contributed by atoms with van der Waals surface area (Å²) in [5, 5.41) is 46.3. The van der Waals surface area contributed by atoms with Crippen LogP contribution in [0.15, 0.2) is 24.3 Å². The van der Waals surface area contributed by atoms with E-state index >= 15 is 0 Å². The molecule has 3 aromatic heterocycles. The van der Waals surface area contributed by atoms with Crippen LogP contribution < -0.4 is 18.9 Å². The van der Waals surface area contributed by atoms with E-state index in [4.69, 9.17) is 33.5 Å². The third-order valence-electron chi connectivity index (χ3n) is 19.9. The fourth-order valence-electron chi connectivity index (χ4n) is 15.0. The molecule has 0 amide bonds. The number of methoxy groups -OCH3 is 1. The van der Waals surface area contributed by atoms with Crippen molar-refractivity contribution in [2.75, 3.05) is 20.3 Å². The number of carboxylic acid groups (broad SMARTS) is 1. The van der Waals surface area contributed by atoms with Crippen LogP contribution in [0.5, 0.6) is 23.4 Å². The largest absolute Gasteiger partial charge is 0.497 e. The molecule has 4 N–H and O–H groups in total. The number of hydrogen-bond acceptors (Lipinski definition) is 16. The minimum atomic E-state index is -1.08. The molecule has 8 aliphatic carbocycles. The Morgan fingerprint density at radius 3 is 1.36 bits per heavy atom. The van der Waals surface area contributed by atoms with Crippen LogP contribution in [0.1, 0.15) is 256 Å². The average molecular weight is 1130 g/mol. The zero-order valence-electron chi connectivity index (χ0n) is 48.6. The molecule has 0 saturated heterocycles. The first-order valence-corrected chi connectivity index (χ1v) is 31.0. The van der Waals surface area contributed by atoms with Gasteiger partial charge in [-0.3, -0.25) is 0 Å². The quantitative estimate of drug-likeness (QED) is 0.0855. The van der Waals surface area contributed by atoms with Crippen molar-refractivity contribution in [1.82, 2.24) is 45.8 Å². The molecule has 0 unspecified atom stereocenters. The maximum atomic E-state index is 12.4. The Bertz CT molecular complexity index is 2570. The van der Waals surface area contributed by atoms with Gasteiger partial charge < -0.3 is 38.6 Å². The van der Waals surface area contributed by atoms with Crippen LogP contribution in [0.4, 0.5) is 0 Å². The number of nitrogens with one attached hydrogen (secondary N) is 2. The van der Waals surface area contributed by atoms with Crippen LogP contribution in [0, 0.1) is 21.7 Å². The van der Waals surface area contributed by atoms with Gasteiger partial charge in [0, 0.05) is 0 Å². The normalized spacial score (nSPS) is 24.0. The minimum absolute atomic E-state index is 0.0289. The lowest BCUT2D eigenvalue weighted by molar-refractivity contribution is 0.0484. The Kier molecular flexibility index (Phi) is 20.7. The van der Waals surface area contributed by atoms with Crippen molar-refractivity contribution in [1.29, 1.82) is 0 Å². The molecule has 4 aromatic rings. The summed E-state index contributed by atoms with van der Waals surface area (Å²) in [4.78, 5) is 35.1. The van der Waals surface area contributed by atoms with Crippen LogP contribution in [0.3, 0.4) is 0 Å². The highest BCUT2D eigenvalue weighted by atomic mass is 16.5. The van der Waals surface area contributed by atoms with Gasteiger partial charge >= 0.3 is 17.9 Å². The number of aliphatic hydroxyl groups is 1. The fourth-order valence-corrected chi connectivity index (χ4v) is 15.0. The highest BCUT2D eigenvalue weighted by Crippen LogP contribution is 2.52. The van der Waals surface area contributed by atoms with Crippen LogP contribution in [-0.4, -0.2) is 119 Å². The first kappa shape index (κ1) is 59.8. The molecule has 0 atom stereocenters. The topological polar surface area (TPSA) is 261 Å². The highest BCUT2D eigenvalue weighted by Gasteiger charge is 2.42. The van der Waals surface area contributed by atoms with Gasteiger partial charge in [0.2, 0.25) is 23.0 Å². The second kappa shape index (κ2) is 28.0. The number of aromatic nitrogens is 9. The monoisotopic (exact) mass is 1130 g/mol.